The lowest BCUT2D eigenvalue weighted by atomic mass is 10.2. The van der Waals surface area contributed by atoms with Crippen molar-refractivity contribution in [1.29, 1.82) is 0 Å². The van der Waals surface area contributed by atoms with Gasteiger partial charge in [0.15, 0.2) is 0 Å². The molecular formula is C17H23ClN2O2. The summed E-state index contributed by atoms with van der Waals surface area (Å²) in [6.07, 6.45) is -0.361. The standard InChI is InChI=1S/C17H23ClN2O2/c1-19(8-2-3-15-4-6-16(18)7-5-15)13-17(21)14-20-9-11-22-12-10-20/h4-7,17,21H,8-14H2,1H3. The van der Waals surface area contributed by atoms with Gasteiger partial charge in [-0.15, -0.1) is 0 Å². The second-order valence-electron chi connectivity index (χ2n) is 5.57. The average molecular weight is 323 g/mol. The number of nitrogens with zero attached hydrogens (tertiary/aromatic N) is 2. The highest BCUT2D eigenvalue weighted by Gasteiger charge is 2.15. The Hall–Kier alpha value is -1.09. The summed E-state index contributed by atoms with van der Waals surface area (Å²) in [5.74, 6) is 6.22. The van der Waals surface area contributed by atoms with Crippen LogP contribution in [0.4, 0.5) is 0 Å². The number of rotatable bonds is 5. The summed E-state index contributed by atoms with van der Waals surface area (Å²) in [4.78, 5) is 4.27. The number of ether oxygens (including phenoxy) is 1. The van der Waals surface area contributed by atoms with Crippen molar-refractivity contribution in [2.75, 3.05) is 53.0 Å². The monoisotopic (exact) mass is 322 g/mol. The van der Waals surface area contributed by atoms with Gasteiger partial charge in [-0.2, -0.15) is 0 Å². The third kappa shape index (κ3) is 6.35. The summed E-state index contributed by atoms with van der Waals surface area (Å²) in [5.41, 5.74) is 0.951. The summed E-state index contributed by atoms with van der Waals surface area (Å²) < 4.78 is 5.30. The first-order valence-electron chi connectivity index (χ1n) is 7.54. The zero-order valence-electron chi connectivity index (χ0n) is 13.0. The largest absolute Gasteiger partial charge is 0.390 e. The molecule has 1 fully saturated rings. The van der Waals surface area contributed by atoms with Crippen LogP contribution in [-0.4, -0.2) is 74.0 Å². The van der Waals surface area contributed by atoms with Crippen LogP contribution < -0.4 is 0 Å². The molecule has 1 saturated heterocycles. The predicted molar refractivity (Wildman–Crippen MR) is 89.1 cm³/mol. The number of benzene rings is 1. The van der Waals surface area contributed by atoms with Crippen LogP contribution in [0, 0.1) is 11.8 Å². The summed E-state index contributed by atoms with van der Waals surface area (Å²) in [7, 11) is 1.97. The number of hydrogen-bond donors (Lipinski definition) is 1. The molecule has 2 rings (SSSR count). The Morgan fingerprint density at radius 3 is 2.68 bits per heavy atom. The molecule has 0 bridgehead atoms. The summed E-state index contributed by atoms with van der Waals surface area (Å²) >= 11 is 5.84. The van der Waals surface area contributed by atoms with Crippen molar-refractivity contribution in [2.45, 2.75) is 6.10 Å². The molecule has 5 heteroatoms. The molecule has 0 aliphatic carbocycles. The Morgan fingerprint density at radius 1 is 1.32 bits per heavy atom. The highest BCUT2D eigenvalue weighted by molar-refractivity contribution is 6.30. The zero-order valence-corrected chi connectivity index (χ0v) is 13.7. The number of halogens is 1. The van der Waals surface area contributed by atoms with Gasteiger partial charge in [-0.05, 0) is 31.3 Å². The lowest BCUT2D eigenvalue weighted by molar-refractivity contribution is 0.00946. The van der Waals surface area contributed by atoms with Crippen LogP contribution in [0.5, 0.6) is 0 Å². The molecule has 1 aromatic carbocycles. The number of aliphatic hydroxyl groups is 1. The van der Waals surface area contributed by atoms with Gasteiger partial charge in [0.25, 0.3) is 0 Å². The van der Waals surface area contributed by atoms with E-state index in [1.54, 1.807) is 0 Å². The van der Waals surface area contributed by atoms with Gasteiger partial charge in [-0.1, -0.05) is 23.4 Å². The van der Waals surface area contributed by atoms with Gasteiger partial charge in [0.1, 0.15) is 0 Å². The molecule has 0 aromatic heterocycles. The van der Waals surface area contributed by atoms with Crippen molar-refractivity contribution in [3.8, 4) is 11.8 Å². The number of aliphatic hydroxyl groups excluding tert-OH is 1. The summed E-state index contributed by atoms with van der Waals surface area (Å²) in [6, 6.07) is 7.48. The molecule has 1 N–H and O–H groups in total. The second kappa shape index (κ2) is 9.14. The fourth-order valence-corrected chi connectivity index (χ4v) is 2.50. The maximum atomic E-state index is 10.1. The van der Waals surface area contributed by atoms with E-state index in [0.717, 1.165) is 31.9 Å². The van der Waals surface area contributed by atoms with E-state index in [1.807, 2.05) is 36.2 Å². The predicted octanol–water partition coefficient (Wildman–Crippen LogP) is 1.32. The van der Waals surface area contributed by atoms with E-state index < -0.39 is 0 Å². The van der Waals surface area contributed by atoms with Gasteiger partial charge in [-0.3, -0.25) is 9.80 Å². The Morgan fingerprint density at radius 2 is 2.00 bits per heavy atom. The molecule has 0 radical (unpaired) electrons. The second-order valence-corrected chi connectivity index (χ2v) is 6.01. The SMILES string of the molecule is CN(CC#Cc1ccc(Cl)cc1)CC(O)CN1CCOCC1. The molecule has 1 aliphatic heterocycles. The van der Waals surface area contributed by atoms with E-state index in [0.29, 0.717) is 24.7 Å². The fraction of sp³-hybridized carbons (Fsp3) is 0.529. The van der Waals surface area contributed by atoms with Crippen LogP contribution in [0.2, 0.25) is 5.02 Å². The van der Waals surface area contributed by atoms with Gasteiger partial charge < -0.3 is 9.84 Å². The molecular weight excluding hydrogens is 300 g/mol. The first kappa shape index (κ1) is 17.3. The molecule has 1 unspecified atom stereocenters. The maximum absolute atomic E-state index is 10.1. The third-order valence-electron chi connectivity index (χ3n) is 3.52. The number of β-amino-alcohol motifs (C(OH)–C–C–N with tert-alkyl or cyclic N) is 1. The zero-order chi connectivity index (χ0) is 15.8. The van der Waals surface area contributed by atoms with E-state index in [4.69, 9.17) is 16.3 Å². The van der Waals surface area contributed by atoms with Crippen LogP contribution in [-0.2, 0) is 4.74 Å². The van der Waals surface area contributed by atoms with E-state index in [9.17, 15) is 5.11 Å². The molecule has 1 aromatic rings. The lowest BCUT2D eigenvalue weighted by Gasteiger charge is -2.29. The van der Waals surface area contributed by atoms with Crippen LogP contribution in [0.15, 0.2) is 24.3 Å². The molecule has 0 amide bonds. The minimum absolute atomic E-state index is 0.361. The average Bonchev–Trinajstić information content (AvgIpc) is 2.50. The molecule has 22 heavy (non-hydrogen) atoms. The van der Waals surface area contributed by atoms with Gasteiger partial charge in [0.05, 0.1) is 25.9 Å². The van der Waals surface area contributed by atoms with Crippen LogP contribution in [0.25, 0.3) is 0 Å². The van der Waals surface area contributed by atoms with Crippen molar-refractivity contribution in [3.63, 3.8) is 0 Å². The number of morpholine rings is 1. The Labute approximate surface area is 137 Å². The molecule has 0 saturated carbocycles. The fourth-order valence-electron chi connectivity index (χ4n) is 2.37. The minimum atomic E-state index is -0.361. The summed E-state index contributed by atoms with van der Waals surface area (Å²) in [5, 5.41) is 10.8. The smallest absolute Gasteiger partial charge is 0.0794 e. The number of hydrogen-bond acceptors (Lipinski definition) is 4. The first-order chi connectivity index (χ1) is 10.6. The van der Waals surface area contributed by atoms with Crippen molar-refractivity contribution in [3.05, 3.63) is 34.9 Å². The van der Waals surface area contributed by atoms with E-state index in [1.165, 1.54) is 0 Å². The molecule has 0 spiro atoms. The van der Waals surface area contributed by atoms with Crippen LogP contribution in [0.3, 0.4) is 0 Å². The molecule has 120 valence electrons. The van der Waals surface area contributed by atoms with E-state index in [2.05, 4.69) is 16.7 Å². The topological polar surface area (TPSA) is 35.9 Å². The lowest BCUT2D eigenvalue weighted by Crippen LogP contribution is -2.44. The van der Waals surface area contributed by atoms with Crippen molar-refractivity contribution >= 4 is 11.6 Å². The minimum Gasteiger partial charge on any atom is -0.390 e. The highest BCUT2D eigenvalue weighted by Crippen LogP contribution is 2.08. The first-order valence-corrected chi connectivity index (χ1v) is 7.92. The van der Waals surface area contributed by atoms with Crippen LogP contribution >= 0.6 is 11.6 Å². The van der Waals surface area contributed by atoms with Crippen molar-refractivity contribution in [1.82, 2.24) is 9.80 Å². The third-order valence-corrected chi connectivity index (χ3v) is 3.77. The van der Waals surface area contributed by atoms with Gasteiger partial charge in [-0.25, -0.2) is 0 Å². The molecule has 4 nitrogen and oxygen atoms in total. The summed E-state index contributed by atoms with van der Waals surface area (Å²) in [6.45, 7) is 5.26. The van der Waals surface area contributed by atoms with E-state index >= 15 is 0 Å². The Bertz CT molecular complexity index is 504. The quantitative estimate of drug-likeness (QED) is 0.829. The molecule has 1 heterocycles. The number of likely N-dealkylation sites (N-methyl/N-ethyl adjacent to an activating group) is 1. The Balaban J connectivity index is 1.70. The molecule has 1 aliphatic rings. The normalized spacial score (nSPS) is 17.1. The van der Waals surface area contributed by atoms with Crippen molar-refractivity contribution < 1.29 is 9.84 Å². The van der Waals surface area contributed by atoms with Gasteiger partial charge in [0.2, 0.25) is 0 Å². The maximum Gasteiger partial charge on any atom is 0.0794 e. The highest BCUT2D eigenvalue weighted by atomic mass is 35.5. The van der Waals surface area contributed by atoms with Gasteiger partial charge in [0, 0.05) is 36.8 Å². The van der Waals surface area contributed by atoms with E-state index in [-0.39, 0.29) is 6.10 Å². The van der Waals surface area contributed by atoms with Gasteiger partial charge >= 0.3 is 0 Å². The Kier molecular flexibility index (Phi) is 7.17. The molecule has 1 atom stereocenters. The van der Waals surface area contributed by atoms with Crippen molar-refractivity contribution in [2.24, 2.45) is 0 Å². The van der Waals surface area contributed by atoms with Crippen LogP contribution in [0.1, 0.15) is 5.56 Å².